The number of carbonyl (C=O) groups excluding carboxylic acids is 1. The van der Waals surface area contributed by atoms with Gasteiger partial charge in [0.1, 0.15) is 5.75 Å². The molecule has 0 saturated carbocycles. The van der Waals surface area contributed by atoms with E-state index in [-0.39, 0.29) is 18.3 Å². The Morgan fingerprint density at radius 2 is 2.20 bits per heavy atom. The lowest BCUT2D eigenvalue weighted by molar-refractivity contribution is -0.130. The lowest BCUT2D eigenvalue weighted by atomic mass is 10.3. The minimum Gasteiger partial charge on any atom is -0.492 e. The van der Waals surface area contributed by atoms with Gasteiger partial charge in [-0.3, -0.25) is 4.79 Å². The van der Waals surface area contributed by atoms with Gasteiger partial charge in [0.2, 0.25) is 5.91 Å². The summed E-state index contributed by atoms with van der Waals surface area (Å²) in [6, 6.07) is 5.29. The Hall–Kier alpha value is -0.490. The van der Waals surface area contributed by atoms with Crippen LogP contribution in [0.25, 0.3) is 0 Å². The van der Waals surface area contributed by atoms with Gasteiger partial charge in [-0.2, -0.15) is 0 Å². The number of rotatable bonds is 7. The van der Waals surface area contributed by atoms with E-state index in [0.717, 1.165) is 11.0 Å². The van der Waals surface area contributed by atoms with Crippen molar-refractivity contribution < 1.29 is 9.53 Å². The van der Waals surface area contributed by atoms with Crippen molar-refractivity contribution in [3.05, 3.63) is 27.7 Å². The van der Waals surface area contributed by atoms with E-state index in [1.54, 1.807) is 30.1 Å². The Kier molecular flexibility index (Phi) is 10.0. The van der Waals surface area contributed by atoms with Gasteiger partial charge in [-0.15, -0.1) is 12.4 Å². The summed E-state index contributed by atoms with van der Waals surface area (Å²) in [5.41, 5.74) is 0. The van der Waals surface area contributed by atoms with Gasteiger partial charge in [0.05, 0.1) is 17.5 Å². The first-order chi connectivity index (χ1) is 9.04. The molecule has 0 atom stereocenters. The monoisotopic (exact) mass is 384 g/mol. The highest BCUT2D eigenvalue weighted by Gasteiger charge is 2.09. The first-order valence-corrected chi connectivity index (χ1v) is 7.18. The molecule has 1 N–H and O–H groups in total. The van der Waals surface area contributed by atoms with Crippen LogP contribution in [0.5, 0.6) is 5.75 Å². The molecule has 0 aliphatic heterocycles. The van der Waals surface area contributed by atoms with Crippen LogP contribution in [-0.4, -0.2) is 44.6 Å². The summed E-state index contributed by atoms with van der Waals surface area (Å²) < 4.78 is 6.34. The largest absolute Gasteiger partial charge is 0.492 e. The zero-order valence-corrected chi connectivity index (χ0v) is 14.6. The molecular weight excluding hydrogens is 367 g/mol. The van der Waals surface area contributed by atoms with E-state index in [0.29, 0.717) is 30.3 Å². The van der Waals surface area contributed by atoms with Crippen LogP contribution in [0.2, 0.25) is 5.02 Å². The molecule has 0 aliphatic carbocycles. The number of likely N-dealkylation sites (N-methyl/N-ethyl adjacent to an activating group) is 2. The van der Waals surface area contributed by atoms with Crippen molar-refractivity contribution in [1.29, 1.82) is 0 Å². The highest BCUT2D eigenvalue weighted by molar-refractivity contribution is 9.10. The number of benzene rings is 1. The van der Waals surface area contributed by atoms with Gasteiger partial charge < -0.3 is 15.0 Å². The van der Waals surface area contributed by atoms with Crippen LogP contribution in [0.4, 0.5) is 0 Å². The van der Waals surface area contributed by atoms with E-state index >= 15 is 0 Å². The lowest BCUT2D eigenvalue weighted by Gasteiger charge is -2.17. The molecular formula is C13H19BrCl2N2O2. The Balaban J connectivity index is 0.00000361. The van der Waals surface area contributed by atoms with E-state index < -0.39 is 0 Å². The summed E-state index contributed by atoms with van der Waals surface area (Å²) >= 11 is 9.20. The molecule has 114 valence electrons. The third-order valence-electron chi connectivity index (χ3n) is 2.59. The van der Waals surface area contributed by atoms with E-state index in [1.807, 2.05) is 7.05 Å². The predicted octanol–water partition coefficient (Wildman–Crippen LogP) is 2.97. The second-order valence-electron chi connectivity index (χ2n) is 4.09. The average molecular weight is 386 g/mol. The number of nitrogens with one attached hydrogen (secondary N) is 1. The van der Waals surface area contributed by atoms with Gasteiger partial charge in [0.15, 0.2) is 0 Å². The molecule has 1 aromatic carbocycles. The zero-order valence-electron chi connectivity index (χ0n) is 11.5. The van der Waals surface area contributed by atoms with Crippen molar-refractivity contribution >= 4 is 45.8 Å². The fourth-order valence-electron chi connectivity index (χ4n) is 1.44. The topological polar surface area (TPSA) is 41.6 Å². The number of hydrogen-bond acceptors (Lipinski definition) is 3. The summed E-state index contributed by atoms with van der Waals surface area (Å²) in [4.78, 5) is 13.5. The van der Waals surface area contributed by atoms with Crippen molar-refractivity contribution in [2.75, 3.05) is 33.8 Å². The van der Waals surface area contributed by atoms with Crippen LogP contribution in [0.3, 0.4) is 0 Å². The second-order valence-corrected chi connectivity index (χ2v) is 5.38. The fourth-order valence-corrected chi connectivity index (χ4v) is 2.23. The maximum absolute atomic E-state index is 11.8. The van der Waals surface area contributed by atoms with Crippen LogP contribution in [-0.2, 0) is 4.79 Å². The highest BCUT2D eigenvalue weighted by atomic mass is 79.9. The fraction of sp³-hybridized carbons (Fsp3) is 0.462. The Labute approximate surface area is 139 Å². The number of ether oxygens (including phenoxy) is 1. The van der Waals surface area contributed by atoms with E-state index in [9.17, 15) is 4.79 Å². The number of hydrogen-bond donors (Lipinski definition) is 1. The van der Waals surface area contributed by atoms with Gasteiger partial charge in [0.25, 0.3) is 0 Å². The maximum Gasteiger partial charge on any atom is 0.225 e. The molecule has 0 bridgehead atoms. The number of amides is 1. The van der Waals surface area contributed by atoms with Crippen LogP contribution in [0.15, 0.2) is 22.7 Å². The van der Waals surface area contributed by atoms with E-state index in [4.69, 9.17) is 16.3 Å². The number of nitrogens with zero attached hydrogens (tertiary/aromatic N) is 1. The summed E-state index contributed by atoms with van der Waals surface area (Å²) in [6.45, 7) is 1.83. The van der Waals surface area contributed by atoms with Crippen LogP contribution in [0.1, 0.15) is 6.42 Å². The minimum atomic E-state index is 0. The second kappa shape index (κ2) is 10.3. The maximum atomic E-state index is 11.8. The molecule has 0 aromatic heterocycles. The summed E-state index contributed by atoms with van der Waals surface area (Å²) in [5, 5.41) is 3.65. The average Bonchev–Trinajstić information content (AvgIpc) is 2.38. The van der Waals surface area contributed by atoms with Crippen molar-refractivity contribution in [2.45, 2.75) is 6.42 Å². The van der Waals surface area contributed by atoms with Crippen LogP contribution >= 0.6 is 39.9 Å². The minimum absolute atomic E-state index is 0. The molecule has 0 spiro atoms. The molecule has 1 amide bonds. The third-order valence-corrected chi connectivity index (χ3v) is 3.45. The molecule has 0 saturated heterocycles. The normalized spacial score (nSPS) is 9.80. The summed E-state index contributed by atoms with van der Waals surface area (Å²) in [5.74, 6) is 0.760. The quantitative estimate of drug-likeness (QED) is 0.784. The Bertz CT molecular complexity index is 433. The van der Waals surface area contributed by atoms with Gasteiger partial charge in [-0.1, -0.05) is 11.6 Å². The lowest BCUT2D eigenvalue weighted by Crippen LogP contribution is -2.33. The van der Waals surface area contributed by atoms with Crippen molar-refractivity contribution in [3.8, 4) is 5.75 Å². The molecule has 4 nitrogen and oxygen atoms in total. The molecule has 0 aliphatic rings. The first kappa shape index (κ1) is 19.5. The van der Waals surface area contributed by atoms with Crippen molar-refractivity contribution in [3.63, 3.8) is 0 Å². The SMILES string of the molecule is CNCCN(C)C(=O)CCOc1ccc(Cl)cc1Br.Cl. The standard InChI is InChI=1S/C13H18BrClN2O2.ClH/c1-16-6-7-17(2)13(18)5-8-19-12-4-3-10(15)9-11(12)14;/h3-4,9,16H,5-8H2,1-2H3;1H. The van der Waals surface area contributed by atoms with Gasteiger partial charge in [-0.25, -0.2) is 0 Å². The number of carbonyl (C=O) groups is 1. The van der Waals surface area contributed by atoms with Crippen LogP contribution < -0.4 is 10.1 Å². The summed E-state index contributed by atoms with van der Waals surface area (Å²) in [6.07, 6.45) is 0.356. The van der Waals surface area contributed by atoms with E-state index in [2.05, 4.69) is 21.2 Å². The molecule has 20 heavy (non-hydrogen) atoms. The van der Waals surface area contributed by atoms with Crippen molar-refractivity contribution in [1.82, 2.24) is 10.2 Å². The smallest absolute Gasteiger partial charge is 0.225 e. The molecule has 1 aromatic rings. The molecule has 0 fully saturated rings. The first-order valence-electron chi connectivity index (χ1n) is 6.01. The molecule has 1 rings (SSSR count). The third kappa shape index (κ3) is 6.79. The van der Waals surface area contributed by atoms with Crippen LogP contribution in [0, 0.1) is 0 Å². The molecule has 0 radical (unpaired) electrons. The van der Waals surface area contributed by atoms with Gasteiger partial charge in [0, 0.05) is 25.2 Å². The highest BCUT2D eigenvalue weighted by Crippen LogP contribution is 2.27. The zero-order chi connectivity index (χ0) is 14.3. The predicted molar refractivity (Wildman–Crippen MR) is 88.1 cm³/mol. The van der Waals surface area contributed by atoms with E-state index in [1.165, 1.54) is 0 Å². The molecule has 7 heteroatoms. The Morgan fingerprint density at radius 1 is 1.50 bits per heavy atom. The molecule has 0 heterocycles. The molecule has 0 unspecified atom stereocenters. The van der Waals surface area contributed by atoms with Gasteiger partial charge in [-0.05, 0) is 41.2 Å². The Morgan fingerprint density at radius 3 is 2.80 bits per heavy atom. The summed E-state index contributed by atoms with van der Waals surface area (Å²) in [7, 11) is 3.65. The van der Waals surface area contributed by atoms with Gasteiger partial charge >= 0.3 is 0 Å². The number of halogens is 3. The van der Waals surface area contributed by atoms with Crippen molar-refractivity contribution in [2.24, 2.45) is 0 Å².